The molecule has 1 N–H and O–H groups in total. The molecule has 0 saturated heterocycles. The lowest BCUT2D eigenvalue weighted by molar-refractivity contribution is -0.117. The maximum Gasteiger partial charge on any atom is 0.264 e. The number of rotatable bonds is 9. The van der Waals surface area contributed by atoms with Gasteiger partial charge >= 0.3 is 0 Å². The van der Waals surface area contributed by atoms with Crippen LogP contribution >= 0.6 is 11.6 Å². The van der Waals surface area contributed by atoms with Crippen LogP contribution in [0.4, 0.5) is 17.3 Å². The van der Waals surface area contributed by atoms with Crippen LogP contribution in [0.1, 0.15) is 13.3 Å². The third-order valence-electron chi connectivity index (χ3n) is 5.35. The molecule has 4 aromatic rings. The number of benzene rings is 2. The van der Waals surface area contributed by atoms with E-state index in [0.717, 1.165) is 17.3 Å². The molecule has 0 aliphatic carbocycles. The molecular weight excluding hydrogens is 520 g/mol. The van der Waals surface area contributed by atoms with Gasteiger partial charge in [0.25, 0.3) is 10.0 Å². The SMILES string of the molecule is CCC(=O)N(c1ccc(S(=O)(=O)Nc2ccon2)cn1)c1cc(-c2cc(Cl)cc(OC)c2)ccc1OC. The van der Waals surface area contributed by atoms with E-state index in [1.54, 1.807) is 38.3 Å². The molecule has 0 aliphatic rings. The van der Waals surface area contributed by atoms with Gasteiger partial charge in [-0.15, -0.1) is 0 Å². The molecule has 0 aliphatic heterocycles. The number of pyridine rings is 1. The van der Waals surface area contributed by atoms with Crippen LogP contribution in [0.3, 0.4) is 0 Å². The van der Waals surface area contributed by atoms with Gasteiger partial charge in [-0.1, -0.05) is 29.7 Å². The van der Waals surface area contributed by atoms with Crippen LogP contribution in [0.15, 0.2) is 76.5 Å². The number of nitrogens with one attached hydrogen (secondary N) is 1. The lowest BCUT2D eigenvalue weighted by Gasteiger charge is -2.24. The molecule has 0 saturated carbocycles. The highest BCUT2D eigenvalue weighted by molar-refractivity contribution is 7.92. The first kappa shape index (κ1) is 26.0. The van der Waals surface area contributed by atoms with Gasteiger partial charge in [0.15, 0.2) is 5.82 Å². The Balaban J connectivity index is 1.76. The summed E-state index contributed by atoms with van der Waals surface area (Å²) < 4.78 is 43.2. The summed E-state index contributed by atoms with van der Waals surface area (Å²) in [6, 6.07) is 14.8. The average molecular weight is 543 g/mol. The van der Waals surface area contributed by atoms with Crippen LogP contribution in [0.2, 0.25) is 5.02 Å². The van der Waals surface area contributed by atoms with Crippen molar-refractivity contribution in [1.82, 2.24) is 10.1 Å². The summed E-state index contributed by atoms with van der Waals surface area (Å²) in [4.78, 5) is 18.7. The average Bonchev–Trinajstić information content (AvgIpc) is 3.41. The summed E-state index contributed by atoms with van der Waals surface area (Å²) in [5.41, 5.74) is 1.95. The fraction of sp³-hybridized carbons (Fsp3) is 0.160. The van der Waals surface area contributed by atoms with Crippen molar-refractivity contribution in [2.75, 3.05) is 23.8 Å². The zero-order valence-corrected chi connectivity index (χ0v) is 21.7. The molecule has 0 bridgehead atoms. The van der Waals surface area contributed by atoms with Crippen molar-refractivity contribution >= 4 is 44.9 Å². The molecule has 0 fully saturated rings. The predicted octanol–water partition coefficient (Wildman–Crippen LogP) is 5.28. The normalized spacial score (nSPS) is 11.1. The quantitative estimate of drug-likeness (QED) is 0.303. The highest BCUT2D eigenvalue weighted by atomic mass is 35.5. The summed E-state index contributed by atoms with van der Waals surface area (Å²) in [5.74, 6) is 0.977. The Morgan fingerprint density at radius 1 is 1.05 bits per heavy atom. The van der Waals surface area contributed by atoms with E-state index in [1.807, 2.05) is 12.1 Å². The van der Waals surface area contributed by atoms with Crippen molar-refractivity contribution in [3.8, 4) is 22.6 Å². The van der Waals surface area contributed by atoms with Crippen molar-refractivity contribution in [2.24, 2.45) is 0 Å². The molecule has 10 nitrogen and oxygen atoms in total. The Kier molecular flexibility index (Phi) is 7.65. The van der Waals surface area contributed by atoms with Gasteiger partial charge in [-0.25, -0.2) is 13.4 Å². The Hall–Kier alpha value is -4.09. The molecule has 37 heavy (non-hydrogen) atoms. The second kappa shape index (κ2) is 10.9. The van der Waals surface area contributed by atoms with Gasteiger partial charge < -0.3 is 14.0 Å². The van der Waals surface area contributed by atoms with Crippen molar-refractivity contribution in [2.45, 2.75) is 18.2 Å². The number of nitrogens with zero attached hydrogens (tertiary/aromatic N) is 3. The number of hydrogen-bond acceptors (Lipinski definition) is 8. The maximum absolute atomic E-state index is 13.1. The molecular formula is C25H23ClN4O6S. The van der Waals surface area contributed by atoms with Gasteiger partial charge in [0.05, 0.1) is 19.9 Å². The van der Waals surface area contributed by atoms with Gasteiger partial charge in [-0.3, -0.25) is 14.4 Å². The highest BCUT2D eigenvalue weighted by Gasteiger charge is 2.24. The number of amides is 1. The van der Waals surface area contributed by atoms with Gasteiger partial charge in [-0.2, -0.15) is 0 Å². The molecule has 0 spiro atoms. The number of hydrogen-bond donors (Lipinski definition) is 1. The standard InChI is InChI=1S/C25H23ClN4O6S/c1-4-25(31)30(24-8-6-20(15-27-24)37(32,33)29-23-9-10-36-28-23)21-13-16(5-7-22(21)35-3)17-11-18(26)14-19(12-17)34-2/h5-15H,4H2,1-3H3,(H,28,29). The van der Waals surface area contributed by atoms with Gasteiger partial charge in [-0.05, 0) is 53.6 Å². The van der Waals surface area contributed by atoms with Crippen molar-refractivity contribution in [3.05, 3.63) is 72.1 Å². The number of sulfonamides is 1. The number of carbonyl (C=O) groups excluding carboxylic acids is 1. The number of methoxy groups -OCH3 is 2. The molecule has 4 rings (SSSR count). The van der Waals surface area contributed by atoms with E-state index in [9.17, 15) is 13.2 Å². The summed E-state index contributed by atoms with van der Waals surface area (Å²) in [6.07, 6.45) is 2.56. The van der Waals surface area contributed by atoms with Gasteiger partial charge in [0.2, 0.25) is 5.91 Å². The Bertz CT molecular complexity index is 1510. The summed E-state index contributed by atoms with van der Waals surface area (Å²) in [5, 5.41) is 4.04. The van der Waals surface area contributed by atoms with Crippen LogP contribution in [-0.2, 0) is 14.8 Å². The molecule has 0 atom stereocenters. The predicted molar refractivity (Wildman–Crippen MR) is 139 cm³/mol. The molecule has 2 heterocycles. The summed E-state index contributed by atoms with van der Waals surface area (Å²) >= 11 is 6.26. The molecule has 1 amide bonds. The Labute approximate surface area is 218 Å². The molecule has 12 heteroatoms. The lowest BCUT2D eigenvalue weighted by Crippen LogP contribution is -2.26. The van der Waals surface area contributed by atoms with Crippen molar-refractivity contribution < 1.29 is 27.2 Å². The monoisotopic (exact) mass is 542 g/mol. The number of ether oxygens (including phenoxy) is 2. The van der Waals surface area contributed by atoms with Crippen LogP contribution in [-0.4, -0.2) is 38.7 Å². The van der Waals surface area contributed by atoms with E-state index in [2.05, 4.69) is 19.4 Å². The van der Waals surface area contributed by atoms with E-state index >= 15 is 0 Å². The van der Waals surface area contributed by atoms with Crippen molar-refractivity contribution in [1.29, 1.82) is 0 Å². The zero-order valence-electron chi connectivity index (χ0n) is 20.1. The maximum atomic E-state index is 13.1. The summed E-state index contributed by atoms with van der Waals surface area (Å²) in [6.45, 7) is 1.72. The smallest absolute Gasteiger partial charge is 0.264 e. The highest BCUT2D eigenvalue weighted by Crippen LogP contribution is 2.38. The fourth-order valence-corrected chi connectivity index (χ4v) is 4.72. The Morgan fingerprint density at radius 3 is 2.49 bits per heavy atom. The van der Waals surface area contributed by atoms with Crippen LogP contribution in [0.5, 0.6) is 11.5 Å². The number of anilines is 3. The first-order valence-corrected chi connectivity index (χ1v) is 12.9. The van der Waals surface area contributed by atoms with Gasteiger partial charge in [0, 0.05) is 23.7 Å². The molecule has 2 aromatic carbocycles. The minimum absolute atomic E-state index is 0.0334. The Morgan fingerprint density at radius 2 is 1.86 bits per heavy atom. The second-order valence-corrected chi connectivity index (χ2v) is 9.81. The van der Waals surface area contributed by atoms with E-state index in [0.29, 0.717) is 22.2 Å². The fourth-order valence-electron chi connectivity index (χ4n) is 3.56. The van der Waals surface area contributed by atoms with Crippen molar-refractivity contribution in [3.63, 3.8) is 0 Å². The molecule has 2 aromatic heterocycles. The minimum atomic E-state index is -3.97. The number of aromatic nitrogens is 2. The second-order valence-electron chi connectivity index (χ2n) is 7.69. The van der Waals surface area contributed by atoms with Gasteiger partial charge in [0.1, 0.15) is 28.5 Å². The third-order valence-corrected chi connectivity index (χ3v) is 6.91. The van der Waals surface area contributed by atoms with Crippen LogP contribution < -0.4 is 19.1 Å². The van der Waals surface area contributed by atoms with Crippen LogP contribution in [0, 0.1) is 0 Å². The van der Waals surface area contributed by atoms with E-state index in [1.165, 1.54) is 36.5 Å². The zero-order chi connectivity index (χ0) is 26.6. The largest absolute Gasteiger partial charge is 0.497 e. The molecule has 0 unspecified atom stereocenters. The topological polar surface area (TPSA) is 124 Å². The molecule has 0 radical (unpaired) electrons. The first-order valence-electron chi connectivity index (χ1n) is 11.0. The third kappa shape index (κ3) is 5.68. The minimum Gasteiger partial charge on any atom is -0.497 e. The molecule has 192 valence electrons. The van der Waals surface area contributed by atoms with E-state index < -0.39 is 10.0 Å². The number of carbonyl (C=O) groups is 1. The van der Waals surface area contributed by atoms with E-state index in [-0.39, 0.29) is 28.9 Å². The first-order chi connectivity index (χ1) is 17.7. The number of halogens is 1. The summed E-state index contributed by atoms with van der Waals surface area (Å²) in [7, 11) is -0.927. The van der Waals surface area contributed by atoms with Crippen LogP contribution in [0.25, 0.3) is 11.1 Å². The van der Waals surface area contributed by atoms with E-state index in [4.69, 9.17) is 21.1 Å². The lowest BCUT2D eigenvalue weighted by atomic mass is 10.0.